The number of halogens is 3. The van der Waals surface area contributed by atoms with E-state index < -0.39 is 18.2 Å². The van der Waals surface area contributed by atoms with Crippen molar-refractivity contribution in [2.45, 2.75) is 31.2 Å². The van der Waals surface area contributed by atoms with Gasteiger partial charge in [-0.1, -0.05) is 17.3 Å². The first kappa shape index (κ1) is 16.7. The molecule has 1 aromatic carbocycles. The lowest BCUT2D eigenvalue weighted by Crippen LogP contribution is -2.43. The molecule has 2 heterocycles. The van der Waals surface area contributed by atoms with E-state index in [-0.39, 0.29) is 17.8 Å². The number of hydrogen-bond donors (Lipinski definition) is 1. The van der Waals surface area contributed by atoms with Gasteiger partial charge in [-0.3, -0.25) is 4.79 Å². The first-order valence-electron chi connectivity index (χ1n) is 8.83. The molecule has 0 radical (unpaired) electrons. The average Bonchev–Trinajstić information content (AvgIpc) is 3.36. The Morgan fingerprint density at radius 3 is 2.56 bits per heavy atom. The summed E-state index contributed by atoms with van der Waals surface area (Å²) in [4.78, 5) is 18.0. The van der Waals surface area contributed by atoms with Gasteiger partial charge in [0.25, 0.3) is 5.91 Å². The number of likely N-dealkylation sites (tertiary alicyclic amines) is 1. The lowest BCUT2D eigenvalue weighted by Gasteiger charge is -2.29. The fourth-order valence-electron chi connectivity index (χ4n) is 5.03. The van der Waals surface area contributed by atoms with E-state index in [1.165, 1.54) is 12.1 Å². The van der Waals surface area contributed by atoms with E-state index in [2.05, 4.69) is 14.7 Å². The zero-order valence-electron chi connectivity index (χ0n) is 14.1. The summed E-state index contributed by atoms with van der Waals surface area (Å²) in [7, 11) is 0. The SMILES string of the molecule is O=C(c1ccc(-c2noc(C(F)(F)F)n2)cc1)N1CC2CC3CC2C1C3O. The van der Waals surface area contributed by atoms with Crippen LogP contribution in [-0.2, 0) is 6.18 Å². The van der Waals surface area contributed by atoms with Crippen molar-refractivity contribution >= 4 is 5.91 Å². The zero-order valence-corrected chi connectivity index (χ0v) is 14.1. The number of nitrogens with zero attached hydrogens (tertiary/aromatic N) is 3. The number of carbonyl (C=O) groups excluding carboxylic acids is 1. The lowest BCUT2D eigenvalue weighted by molar-refractivity contribution is -0.159. The molecular weight excluding hydrogens is 363 g/mol. The van der Waals surface area contributed by atoms with Gasteiger partial charge in [-0.2, -0.15) is 18.2 Å². The third kappa shape index (κ3) is 2.48. The van der Waals surface area contributed by atoms with Crippen LogP contribution in [0.1, 0.15) is 29.1 Å². The minimum Gasteiger partial charge on any atom is -0.391 e. The van der Waals surface area contributed by atoms with Crippen molar-refractivity contribution in [3.05, 3.63) is 35.7 Å². The first-order valence-corrected chi connectivity index (χ1v) is 8.83. The highest BCUT2D eigenvalue weighted by atomic mass is 19.4. The number of hydrogen-bond acceptors (Lipinski definition) is 5. The summed E-state index contributed by atoms with van der Waals surface area (Å²) < 4.78 is 41.9. The minimum atomic E-state index is -4.70. The van der Waals surface area contributed by atoms with Crippen LogP contribution in [0.25, 0.3) is 11.4 Å². The van der Waals surface area contributed by atoms with Gasteiger partial charge in [-0.25, -0.2) is 0 Å². The molecule has 5 atom stereocenters. The highest BCUT2D eigenvalue weighted by Gasteiger charge is 2.59. The zero-order chi connectivity index (χ0) is 18.9. The lowest BCUT2D eigenvalue weighted by atomic mass is 9.88. The summed E-state index contributed by atoms with van der Waals surface area (Å²) in [5.41, 5.74) is 0.753. The van der Waals surface area contributed by atoms with Crippen molar-refractivity contribution in [1.82, 2.24) is 15.0 Å². The van der Waals surface area contributed by atoms with E-state index in [9.17, 15) is 23.1 Å². The van der Waals surface area contributed by atoms with Crippen LogP contribution in [0.15, 0.2) is 28.8 Å². The summed E-state index contributed by atoms with van der Waals surface area (Å²) in [6, 6.07) is 5.96. The molecule has 9 heteroatoms. The number of fused-ring (bicyclic) bond motifs is 1. The molecular formula is C18H16F3N3O3. The van der Waals surface area contributed by atoms with Gasteiger partial charge in [-0.15, -0.1) is 0 Å². The molecule has 1 N–H and O–H groups in total. The molecule has 3 fully saturated rings. The monoisotopic (exact) mass is 379 g/mol. The van der Waals surface area contributed by atoms with E-state index in [1.807, 2.05) is 0 Å². The maximum atomic E-state index is 12.9. The number of alkyl halides is 3. The summed E-state index contributed by atoms with van der Waals surface area (Å²) in [6.45, 7) is 0.656. The molecule has 3 aliphatic rings. The van der Waals surface area contributed by atoms with Gasteiger partial charge in [0.2, 0.25) is 5.82 Å². The second-order valence-corrected chi connectivity index (χ2v) is 7.59. The van der Waals surface area contributed by atoms with Crippen LogP contribution in [0.2, 0.25) is 0 Å². The number of aromatic nitrogens is 2. The van der Waals surface area contributed by atoms with Gasteiger partial charge in [0.15, 0.2) is 0 Å². The van der Waals surface area contributed by atoms with Crippen LogP contribution in [-0.4, -0.2) is 44.7 Å². The van der Waals surface area contributed by atoms with E-state index in [0.717, 1.165) is 12.8 Å². The molecule has 142 valence electrons. The molecule has 2 bridgehead atoms. The fraction of sp³-hybridized carbons (Fsp3) is 0.500. The van der Waals surface area contributed by atoms with Crippen molar-refractivity contribution in [2.24, 2.45) is 17.8 Å². The molecule has 6 nitrogen and oxygen atoms in total. The third-order valence-electron chi connectivity index (χ3n) is 6.17. The highest BCUT2D eigenvalue weighted by molar-refractivity contribution is 5.95. The fourth-order valence-corrected chi connectivity index (χ4v) is 5.03. The number of aliphatic hydroxyl groups excluding tert-OH is 1. The topological polar surface area (TPSA) is 79.5 Å². The summed E-state index contributed by atoms with van der Waals surface area (Å²) in [6.07, 6.45) is -3.20. The molecule has 5 rings (SSSR count). The molecule has 2 aliphatic carbocycles. The van der Waals surface area contributed by atoms with E-state index >= 15 is 0 Å². The van der Waals surface area contributed by atoms with Crippen LogP contribution >= 0.6 is 0 Å². The smallest absolute Gasteiger partial charge is 0.391 e. The number of rotatable bonds is 2. The summed E-state index contributed by atoms with van der Waals surface area (Å²) in [5, 5.41) is 13.8. The van der Waals surface area contributed by atoms with Crippen LogP contribution in [0, 0.1) is 17.8 Å². The van der Waals surface area contributed by atoms with Gasteiger partial charge in [0, 0.05) is 17.7 Å². The largest absolute Gasteiger partial charge is 0.471 e. The van der Waals surface area contributed by atoms with Crippen molar-refractivity contribution in [3.63, 3.8) is 0 Å². The third-order valence-corrected chi connectivity index (χ3v) is 6.17. The van der Waals surface area contributed by atoms with Gasteiger partial charge >= 0.3 is 12.1 Å². The van der Waals surface area contributed by atoms with Crippen molar-refractivity contribution in [1.29, 1.82) is 0 Å². The molecule has 2 saturated carbocycles. The van der Waals surface area contributed by atoms with Crippen molar-refractivity contribution in [2.75, 3.05) is 6.54 Å². The standard InChI is InChI=1S/C18H16F3N3O3/c19-18(20,21)17-22-15(23-27-17)8-1-3-9(4-2-8)16(26)24-7-11-5-10-6-12(11)13(24)14(10)25/h1-4,10-14,25H,5-7H2. The van der Waals surface area contributed by atoms with E-state index in [1.54, 1.807) is 17.0 Å². The molecule has 27 heavy (non-hydrogen) atoms. The van der Waals surface area contributed by atoms with Crippen molar-refractivity contribution < 1.29 is 27.6 Å². The molecule has 1 saturated heterocycles. The second-order valence-electron chi connectivity index (χ2n) is 7.59. The average molecular weight is 379 g/mol. The Labute approximate surface area is 152 Å². The van der Waals surface area contributed by atoms with Crippen LogP contribution < -0.4 is 0 Å². The maximum Gasteiger partial charge on any atom is 0.471 e. The predicted molar refractivity (Wildman–Crippen MR) is 85.3 cm³/mol. The molecule has 5 unspecified atom stereocenters. The Hall–Kier alpha value is -2.42. The van der Waals surface area contributed by atoms with E-state index in [0.29, 0.717) is 35.4 Å². The molecule has 2 aromatic rings. The van der Waals surface area contributed by atoms with E-state index in [4.69, 9.17) is 0 Å². The highest BCUT2D eigenvalue weighted by Crippen LogP contribution is 2.55. The second kappa shape index (κ2) is 5.54. The molecule has 1 aromatic heterocycles. The Balaban J connectivity index is 1.36. The molecule has 1 amide bonds. The Morgan fingerprint density at radius 1 is 1.19 bits per heavy atom. The van der Waals surface area contributed by atoms with Crippen LogP contribution in [0.4, 0.5) is 13.2 Å². The normalized spacial score (nSPS) is 31.7. The van der Waals surface area contributed by atoms with Gasteiger partial charge in [0.1, 0.15) is 0 Å². The summed E-state index contributed by atoms with van der Waals surface area (Å²) >= 11 is 0. The van der Waals surface area contributed by atoms with Crippen molar-refractivity contribution in [3.8, 4) is 11.4 Å². The Bertz CT molecular complexity index is 893. The number of benzene rings is 1. The van der Waals surface area contributed by atoms with Crippen LogP contribution in [0.3, 0.4) is 0 Å². The quantitative estimate of drug-likeness (QED) is 0.868. The molecule has 1 aliphatic heterocycles. The number of amides is 1. The van der Waals surface area contributed by atoms with Gasteiger partial charge in [-0.05, 0) is 42.7 Å². The first-order chi connectivity index (χ1) is 12.8. The van der Waals surface area contributed by atoms with Gasteiger partial charge < -0.3 is 14.5 Å². The maximum absolute atomic E-state index is 12.9. The van der Waals surface area contributed by atoms with Gasteiger partial charge in [0.05, 0.1) is 12.1 Å². The minimum absolute atomic E-state index is 0.118. The summed E-state index contributed by atoms with van der Waals surface area (Å²) in [5.74, 6) is -0.611. The Kier molecular flexibility index (Phi) is 3.43. The number of carbonyl (C=O) groups is 1. The predicted octanol–water partition coefficient (Wildman–Crippen LogP) is 2.60. The Morgan fingerprint density at radius 2 is 1.93 bits per heavy atom. The van der Waals surface area contributed by atoms with Crippen LogP contribution in [0.5, 0.6) is 0 Å². The molecule has 0 spiro atoms. The number of aliphatic hydroxyl groups is 1.